The number of H-pyrrole nitrogens is 1. The van der Waals surface area contributed by atoms with Crippen molar-refractivity contribution in [1.82, 2.24) is 9.55 Å². The number of phosphoric ester groups is 1. The van der Waals surface area contributed by atoms with E-state index in [-0.39, 0.29) is 48.4 Å². The molecule has 386 valence electrons. The van der Waals surface area contributed by atoms with Crippen LogP contribution in [0.4, 0.5) is 0 Å². The number of hydrogen-bond donors (Lipinski definition) is 1. The normalized spacial score (nSPS) is 31.0. The Balaban J connectivity index is 1.17. The van der Waals surface area contributed by atoms with Crippen molar-refractivity contribution >= 4 is 47.5 Å². The minimum atomic E-state index is -4.22. The predicted molar refractivity (Wildman–Crippen MR) is 265 cm³/mol. The second-order valence-corrected chi connectivity index (χ2v) is 38.5. The molecule has 0 bridgehead atoms. The van der Waals surface area contributed by atoms with Gasteiger partial charge in [-0.1, -0.05) is 13.8 Å². The Bertz CT molecular complexity index is 2050. The summed E-state index contributed by atoms with van der Waals surface area (Å²) in [5.41, 5.74) is -2.68. The average Bonchev–Trinajstić information content (AvgIpc) is 3.80. The Morgan fingerprint density at radius 2 is 1.40 bits per heavy atom. The molecule has 1 aromatic heterocycles. The molecule has 0 amide bonds. The second kappa shape index (κ2) is 22.5. The van der Waals surface area contributed by atoms with E-state index in [1.165, 1.54) is 4.57 Å². The van der Waals surface area contributed by atoms with Gasteiger partial charge in [0.15, 0.2) is 0 Å². The first kappa shape index (κ1) is 55.5. The predicted octanol–water partition coefficient (Wildman–Crippen LogP) is 10.9. The van der Waals surface area contributed by atoms with Crippen LogP contribution in [0.15, 0.2) is 15.8 Å². The van der Waals surface area contributed by atoms with Gasteiger partial charge < -0.3 is 0 Å². The van der Waals surface area contributed by atoms with E-state index < -0.39 is 73.5 Å². The number of rotatable bonds is 21. The maximum atomic E-state index is 14.2. The van der Waals surface area contributed by atoms with E-state index in [4.69, 9.17) is 27.8 Å². The number of unbranched alkanes of at least 4 members (excludes halogenated alkanes) is 3. The van der Waals surface area contributed by atoms with Crippen molar-refractivity contribution in [2.24, 2.45) is 34.5 Å². The molecule has 1 aromatic rings. The van der Waals surface area contributed by atoms with Crippen molar-refractivity contribution in [1.29, 1.82) is 0 Å². The van der Waals surface area contributed by atoms with Crippen molar-refractivity contribution in [3.8, 4) is 0 Å². The van der Waals surface area contributed by atoms with Gasteiger partial charge in [-0.3, -0.25) is 4.79 Å². The molecule has 4 aliphatic carbocycles. The Labute approximate surface area is 410 Å². The van der Waals surface area contributed by atoms with Crippen molar-refractivity contribution < 1.29 is 46.7 Å². The van der Waals surface area contributed by atoms with E-state index >= 15 is 0 Å². The minimum absolute atomic E-state index is 0.0433. The number of Topliss-reactive ketones (excluding diaryl/α,β-unsaturated/α-hetero) is 1. The van der Waals surface area contributed by atoms with Crippen LogP contribution in [-0.2, 0) is 46.7 Å². The summed E-state index contributed by atoms with van der Waals surface area (Å²) in [6.45, 7) is 21.3. The number of nitrogens with zero attached hydrogens (tertiary/aromatic N) is 1. The summed E-state index contributed by atoms with van der Waals surface area (Å²) in [6, 6.07) is 0. The Hall–Kier alpha value is -1.84. The zero-order chi connectivity index (χ0) is 49.9. The van der Waals surface area contributed by atoms with Crippen LogP contribution in [0.3, 0.4) is 0 Å². The fraction of sp³-hybridized carbons (Fsp3) is 0.865. The molecular weight excluding hydrogens is 994 g/mol. The van der Waals surface area contributed by atoms with Crippen LogP contribution in [-0.4, -0.2) is 81.8 Å². The number of ether oxygens (including phenoxy) is 3. The summed E-state index contributed by atoms with van der Waals surface area (Å²) in [5.74, 6) is 1.44. The fourth-order valence-corrected chi connectivity index (χ4v) is 31.1. The summed E-state index contributed by atoms with van der Waals surface area (Å²) >= 11 is -3.39. The second-order valence-electron chi connectivity index (χ2n) is 23.8. The first-order chi connectivity index (χ1) is 31.9. The Kier molecular flexibility index (Phi) is 18.4. The molecule has 2 heterocycles. The van der Waals surface area contributed by atoms with Gasteiger partial charge in [-0.2, -0.15) is 0 Å². The van der Waals surface area contributed by atoms with Crippen LogP contribution in [0.2, 0.25) is 13.3 Å². The molecule has 16 heteroatoms. The number of nitrogens with one attached hydrogen (secondary N) is 1. The molecule has 1 aliphatic heterocycles. The first-order valence-electron chi connectivity index (χ1n) is 26.5. The van der Waals surface area contributed by atoms with E-state index in [9.17, 15) is 28.5 Å². The van der Waals surface area contributed by atoms with Gasteiger partial charge in [-0.05, 0) is 74.0 Å². The molecule has 1 N–H and O–H groups in total. The van der Waals surface area contributed by atoms with Gasteiger partial charge in [0.2, 0.25) is 0 Å². The van der Waals surface area contributed by atoms with Crippen LogP contribution < -0.4 is 14.8 Å². The molecule has 14 nitrogen and oxygen atoms in total. The zero-order valence-corrected chi connectivity index (χ0v) is 47.3. The number of hydrogen-bond acceptors (Lipinski definition) is 12. The Morgan fingerprint density at radius 1 is 0.809 bits per heavy atom. The summed E-state index contributed by atoms with van der Waals surface area (Å²) in [7, 11) is -4.22. The summed E-state index contributed by atoms with van der Waals surface area (Å²) < 4.78 is 56.0. The van der Waals surface area contributed by atoms with Crippen molar-refractivity contribution in [2.45, 2.75) is 241 Å². The number of phosphoric acid groups is 1. The van der Waals surface area contributed by atoms with Gasteiger partial charge in [-0.15, -0.1) is 0 Å². The number of carbonyl (C=O) groups is 3. The molecule has 10 atom stereocenters. The van der Waals surface area contributed by atoms with Crippen molar-refractivity contribution in [3.63, 3.8) is 0 Å². The topological polar surface area (TPSA) is 179 Å². The molecule has 5 aliphatic rings. The van der Waals surface area contributed by atoms with Gasteiger partial charge in [0.1, 0.15) is 11.9 Å². The molecule has 5 fully saturated rings. The number of fused-ring (bicyclic) bond motifs is 5. The van der Waals surface area contributed by atoms with Crippen LogP contribution in [0.1, 0.15) is 198 Å². The summed E-state index contributed by atoms with van der Waals surface area (Å²) in [6.07, 6.45) is 12.9. The molecule has 6 rings (SSSR count). The van der Waals surface area contributed by atoms with E-state index in [1.807, 2.05) is 0 Å². The van der Waals surface area contributed by atoms with Crippen LogP contribution >= 0.6 is 7.82 Å². The SMILES string of the molecule is CCC[CH2][Sn]([CH2]CCC)([CH2]CCC)[c]1cn([C@H]2C[C@H](OC(=O)CCC(=O)O[C@H]3CC[C@H]4[C@@H]5CC[C@H]6CC(=O)CC[C@]6(C)[C@H]5CC[C@]34C)[C@@H](COP(=O)(OC(C)(C)C)OC(C)(C)C)O2)c(=O)[nH]c1=O. The van der Waals surface area contributed by atoms with Crippen LogP contribution in [0.5, 0.6) is 0 Å². The number of esters is 2. The molecule has 0 unspecified atom stereocenters. The van der Waals surface area contributed by atoms with Gasteiger partial charge in [-0.25, -0.2) is 0 Å². The van der Waals surface area contributed by atoms with Crippen LogP contribution in [0.25, 0.3) is 0 Å². The quantitative estimate of drug-likeness (QED) is 0.0701. The third-order valence-electron chi connectivity index (χ3n) is 16.7. The summed E-state index contributed by atoms with van der Waals surface area (Å²) in [4.78, 5) is 70.0. The molecule has 1 saturated heterocycles. The van der Waals surface area contributed by atoms with Gasteiger partial charge in [0, 0.05) is 18.3 Å². The van der Waals surface area contributed by atoms with E-state index in [0.717, 1.165) is 107 Å². The van der Waals surface area contributed by atoms with E-state index in [0.29, 0.717) is 35.9 Å². The molecule has 4 saturated carbocycles. The van der Waals surface area contributed by atoms with E-state index in [2.05, 4.69) is 39.6 Å². The molecular formula is C52H87N2O12PSn. The first-order valence-corrected chi connectivity index (χ1v) is 35.4. The molecule has 0 spiro atoms. The maximum absolute atomic E-state index is 14.2. The van der Waals surface area contributed by atoms with Crippen molar-refractivity contribution in [3.05, 3.63) is 27.0 Å². The number of aromatic nitrogens is 2. The van der Waals surface area contributed by atoms with Gasteiger partial charge in [0.25, 0.3) is 0 Å². The third kappa shape index (κ3) is 13.0. The van der Waals surface area contributed by atoms with E-state index in [1.54, 1.807) is 47.7 Å². The number of ketones is 1. The molecule has 0 aromatic carbocycles. The third-order valence-corrected chi connectivity index (χ3v) is 34.2. The Morgan fingerprint density at radius 3 is 1.99 bits per heavy atom. The summed E-state index contributed by atoms with van der Waals surface area (Å²) in [5, 5.41) is 0. The van der Waals surface area contributed by atoms with Crippen LogP contribution in [0, 0.1) is 34.5 Å². The monoisotopic (exact) mass is 1080 g/mol. The average molecular weight is 1080 g/mol. The van der Waals surface area contributed by atoms with Gasteiger partial charge >= 0.3 is 290 Å². The zero-order valence-electron chi connectivity index (χ0n) is 43.5. The molecule has 68 heavy (non-hydrogen) atoms. The fourth-order valence-electron chi connectivity index (χ4n) is 13.3. The van der Waals surface area contributed by atoms with Crippen molar-refractivity contribution in [2.75, 3.05) is 6.61 Å². The number of aromatic amines is 1. The standard InChI is InChI=1S/C40H60N2O12P.3C4H9.Sn/c1-37(2,3)53-55(48,54-38(4,5)6)49-23-30-29(22-33(50-30)42-20-17-32(44)41-36(42)47)51-34(45)13-14-35(46)52-31-12-11-27-26-10-9-24-21-25(43)15-18-39(24,7)28(26)16-19-40(27,31)8;3*1-3-4-2;/h20,24,26-31,33H,9-16,18-19,21-23H2,1-8H3,(H,41,44,47);3*1,3-4H2,2H3;/t24-,26-,27-,28-,29-,30+,31-,33+,39-,40-;;;;/m0..../s1. The van der Waals surface area contributed by atoms with Gasteiger partial charge in [0.05, 0.1) is 0 Å². The number of carbonyl (C=O) groups excluding carboxylic acids is 3. The molecule has 0 radical (unpaired) electrons.